The Morgan fingerprint density at radius 1 is 0.628 bits per heavy atom. The second-order valence-electron chi connectivity index (χ2n) is 24.7. The number of alkyl halides is 3. The second kappa shape index (κ2) is 26.5. The largest absolute Gasteiger partial charge is 0.471 e. The van der Waals surface area contributed by atoms with Crippen molar-refractivity contribution in [2.45, 2.75) is 158 Å². The van der Waals surface area contributed by atoms with E-state index in [0.29, 0.717) is 47.9 Å². The van der Waals surface area contributed by atoms with E-state index in [1.807, 2.05) is 46.3 Å². The molecule has 0 saturated carbocycles. The maximum absolute atomic E-state index is 13.2. The SMILES string of the molecule is CC(C)(C)c1ccc(C(=O)NS(=O)(=O)c2cccc(NC(CC[C@@H]3CN(C(=O)C(F)(F)F)C(C)(C)C3)c3cncnc3)n2)c(Cl)n1.CC1(C)C[C@H](CCC(Nc2cccc(S(=O)(=O)NC(=O)c3ccc(C(C)(C)C)nc3Cl)n2)c2cncnc2)CN1. The van der Waals surface area contributed by atoms with Crippen LogP contribution in [0.25, 0.3) is 0 Å². The number of pyridine rings is 4. The number of halogens is 5. The fourth-order valence-corrected chi connectivity index (χ4v) is 12.5. The van der Waals surface area contributed by atoms with Crippen molar-refractivity contribution in [3.63, 3.8) is 0 Å². The number of nitrogens with zero attached hydrogens (tertiary/aromatic N) is 9. The number of hydrogen-bond acceptors (Lipinski definition) is 18. The summed E-state index contributed by atoms with van der Waals surface area (Å²) < 4.78 is 96.2. The summed E-state index contributed by atoms with van der Waals surface area (Å²) in [7, 11) is -8.74. The minimum atomic E-state index is -4.96. The number of anilines is 2. The van der Waals surface area contributed by atoms with Crippen molar-refractivity contribution in [1.82, 2.24) is 59.5 Å². The zero-order valence-electron chi connectivity index (χ0n) is 49.3. The van der Waals surface area contributed by atoms with E-state index in [1.165, 1.54) is 49.1 Å². The standard InChI is InChI=1S/C30H35ClF3N7O4S.C28H36ClN7O3S/c1-28(2,3)22-12-10-20(25(31)38-22)26(42)40-46(44,45)24-8-6-7-23(39-24)37-21(19-14-35-17-36-15-19)11-9-18-13-29(4,5)41(16-18)27(43)30(32,33)34;1-27(2,3)22-12-10-20(25(29)34-22)26(37)36-40(38,39)24-8-6-7-23(35-24)33-21(19-15-30-17-31-16-19)11-9-18-13-28(4,5)32-14-18/h6-8,10,12,14-15,17-18,21H,9,11,13,16H2,1-5H3,(H,37,39)(H,40,42);6-8,10,12,15-18,21,32H,9,11,13-14H2,1-5H3,(H,33,35)(H,36,37)/t2*18-,21?/m00/s1. The number of carbonyl (C=O) groups is 3. The van der Waals surface area contributed by atoms with Gasteiger partial charge in [0.1, 0.15) is 34.6 Å². The molecule has 4 atom stereocenters. The maximum atomic E-state index is 13.2. The predicted octanol–water partition coefficient (Wildman–Crippen LogP) is 10.1. The van der Waals surface area contributed by atoms with Crippen LogP contribution in [0.5, 0.6) is 0 Å². The Hall–Kier alpha value is -7.00. The molecule has 21 nitrogen and oxygen atoms in total. The molecule has 0 aromatic carbocycles. The van der Waals surface area contributed by atoms with E-state index >= 15 is 0 Å². The highest BCUT2D eigenvalue weighted by Crippen LogP contribution is 2.40. The van der Waals surface area contributed by atoms with Gasteiger partial charge >= 0.3 is 12.1 Å². The van der Waals surface area contributed by atoms with E-state index in [9.17, 15) is 44.4 Å². The highest BCUT2D eigenvalue weighted by atomic mass is 35.5. The molecule has 0 spiro atoms. The van der Waals surface area contributed by atoms with Crippen molar-refractivity contribution < 1.29 is 44.4 Å². The average Bonchev–Trinajstić information content (AvgIpc) is 2.18. The van der Waals surface area contributed by atoms with Gasteiger partial charge in [0.2, 0.25) is 0 Å². The lowest BCUT2D eigenvalue weighted by atomic mass is 9.91. The first-order chi connectivity index (χ1) is 40.0. The van der Waals surface area contributed by atoms with Crippen LogP contribution in [-0.4, -0.2) is 110 Å². The van der Waals surface area contributed by atoms with Gasteiger partial charge in [-0.1, -0.05) is 76.9 Å². The van der Waals surface area contributed by atoms with E-state index in [2.05, 4.69) is 74.4 Å². The molecule has 6 aromatic rings. The van der Waals surface area contributed by atoms with Gasteiger partial charge in [-0.15, -0.1) is 0 Å². The zero-order chi connectivity index (χ0) is 63.2. The van der Waals surface area contributed by atoms with Gasteiger partial charge in [0, 0.05) is 75.8 Å². The minimum absolute atomic E-state index is 0.0405. The molecule has 2 fully saturated rings. The first-order valence-corrected chi connectivity index (χ1v) is 31.3. The molecule has 0 aliphatic carbocycles. The highest BCUT2D eigenvalue weighted by Gasteiger charge is 2.51. The topological polar surface area (TPSA) is 286 Å². The molecule has 462 valence electrons. The third-order valence-electron chi connectivity index (χ3n) is 14.6. The molecule has 0 bridgehead atoms. The zero-order valence-corrected chi connectivity index (χ0v) is 52.4. The normalized spacial score (nSPS) is 17.6. The highest BCUT2D eigenvalue weighted by molar-refractivity contribution is 7.90. The van der Waals surface area contributed by atoms with Crippen LogP contribution in [0.3, 0.4) is 0 Å². The predicted molar refractivity (Wildman–Crippen MR) is 319 cm³/mol. The second-order valence-corrected chi connectivity index (χ2v) is 28.7. The summed E-state index contributed by atoms with van der Waals surface area (Å²) in [6, 6.07) is 14.2. The monoisotopic (exact) mass is 1270 g/mol. The molecule has 2 aliphatic rings. The summed E-state index contributed by atoms with van der Waals surface area (Å²) in [6.45, 7) is 20.2. The van der Waals surface area contributed by atoms with Crippen molar-refractivity contribution >= 4 is 72.6 Å². The molecule has 0 radical (unpaired) electrons. The smallest absolute Gasteiger partial charge is 0.363 e. The van der Waals surface area contributed by atoms with E-state index in [-0.39, 0.29) is 67.2 Å². The Morgan fingerprint density at radius 3 is 1.42 bits per heavy atom. The van der Waals surface area contributed by atoms with Crippen LogP contribution in [0.4, 0.5) is 24.8 Å². The number of rotatable bonds is 18. The van der Waals surface area contributed by atoms with Crippen LogP contribution in [0, 0.1) is 11.8 Å². The number of nitrogens with one attached hydrogen (secondary N) is 5. The molecular weight excluding hydrogens is 1200 g/mol. The fraction of sp³-hybridized carbons (Fsp3) is 0.466. The summed E-state index contributed by atoms with van der Waals surface area (Å²) in [5.74, 6) is -2.91. The Morgan fingerprint density at radius 2 is 1.05 bits per heavy atom. The van der Waals surface area contributed by atoms with Gasteiger partial charge in [-0.05, 0) is 133 Å². The molecule has 3 amide bonds. The van der Waals surface area contributed by atoms with Crippen LogP contribution in [0.15, 0.2) is 108 Å². The Balaban J connectivity index is 0.000000248. The number of sulfonamides is 2. The molecule has 8 rings (SSSR count). The summed E-state index contributed by atoms with van der Waals surface area (Å²) >= 11 is 12.4. The van der Waals surface area contributed by atoms with Crippen molar-refractivity contribution in [3.05, 3.63) is 142 Å². The molecular formula is C58H71Cl2F3N14O7S2. The van der Waals surface area contributed by atoms with Gasteiger partial charge in [0.05, 0.1) is 23.2 Å². The number of hydrogen-bond donors (Lipinski definition) is 5. The third-order valence-corrected chi connectivity index (χ3v) is 17.7. The lowest BCUT2D eigenvalue weighted by molar-refractivity contribution is -0.188. The molecule has 86 heavy (non-hydrogen) atoms. The summed E-state index contributed by atoms with van der Waals surface area (Å²) in [6.07, 6.45) is 8.46. The molecule has 28 heteroatoms. The molecule has 2 aliphatic heterocycles. The Labute approximate surface area is 509 Å². The minimum Gasteiger partial charge on any atom is -0.363 e. The summed E-state index contributed by atoms with van der Waals surface area (Å²) in [5.41, 5.74) is 1.17. The van der Waals surface area contributed by atoms with E-state index < -0.39 is 60.6 Å². The van der Waals surface area contributed by atoms with E-state index in [1.54, 1.807) is 62.9 Å². The molecule has 5 N–H and O–H groups in total. The first kappa shape index (κ1) is 66.5. The quantitative estimate of drug-likeness (QED) is 0.0500. The summed E-state index contributed by atoms with van der Waals surface area (Å²) in [5, 5.41) is 9.11. The van der Waals surface area contributed by atoms with Crippen molar-refractivity contribution in [2.75, 3.05) is 23.7 Å². The number of aromatic nitrogens is 8. The van der Waals surface area contributed by atoms with Crippen molar-refractivity contribution in [3.8, 4) is 0 Å². The fourth-order valence-electron chi connectivity index (χ4n) is 10.2. The van der Waals surface area contributed by atoms with E-state index in [0.717, 1.165) is 36.3 Å². The number of likely N-dealkylation sites (tertiary alicyclic amines) is 1. The molecule has 8 heterocycles. The average molecular weight is 1270 g/mol. The van der Waals surface area contributed by atoms with E-state index in [4.69, 9.17) is 23.2 Å². The number of carbonyl (C=O) groups excluding carboxylic acids is 3. The molecule has 6 aromatic heterocycles. The van der Waals surface area contributed by atoms with Gasteiger partial charge in [-0.25, -0.2) is 49.3 Å². The summed E-state index contributed by atoms with van der Waals surface area (Å²) in [4.78, 5) is 72.0. The van der Waals surface area contributed by atoms with Crippen LogP contribution in [-0.2, 0) is 35.7 Å². The molecule has 2 unspecified atom stereocenters. The Bertz CT molecular complexity index is 3640. The Kier molecular flexibility index (Phi) is 20.5. The van der Waals surface area contributed by atoms with Crippen LogP contribution in [0.1, 0.15) is 163 Å². The third kappa shape index (κ3) is 17.6. The lowest BCUT2D eigenvalue weighted by Crippen LogP contribution is -2.48. The van der Waals surface area contributed by atoms with Gasteiger partial charge in [-0.3, -0.25) is 14.4 Å². The van der Waals surface area contributed by atoms with Gasteiger partial charge in [-0.2, -0.15) is 30.0 Å². The lowest BCUT2D eigenvalue weighted by Gasteiger charge is -2.31. The van der Waals surface area contributed by atoms with Crippen LogP contribution >= 0.6 is 23.2 Å². The first-order valence-electron chi connectivity index (χ1n) is 27.6. The number of amides is 3. The molecule has 2 saturated heterocycles. The van der Waals surface area contributed by atoms with Crippen LogP contribution in [0.2, 0.25) is 10.3 Å². The van der Waals surface area contributed by atoms with Crippen molar-refractivity contribution in [1.29, 1.82) is 0 Å². The van der Waals surface area contributed by atoms with Gasteiger partial charge in [0.15, 0.2) is 10.1 Å². The van der Waals surface area contributed by atoms with Gasteiger partial charge in [0.25, 0.3) is 31.9 Å². The van der Waals surface area contributed by atoms with Crippen LogP contribution < -0.4 is 25.4 Å². The maximum Gasteiger partial charge on any atom is 0.471 e. The van der Waals surface area contributed by atoms with Gasteiger partial charge < -0.3 is 20.9 Å². The van der Waals surface area contributed by atoms with Crippen molar-refractivity contribution in [2.24, 2.45) is 11.8 Å².